The third kappa shape index (κ3) is 1.25. The Labute approximate surface area is 89.5 Å². The van der Waals surface area contributed by atoms with Crippen molar-refractivity contribution >= 4 is 11.8 Å². The van der Waals surface area contributed by atoms with E-state index >= 15 is 0 Å². The molecule has 0 amide bonds. The van der Waals surface area contributed by atoms with Crippen LogP contribution in [0.25, 0.3) is 0 Å². The topological polar surface area (TPSA) is 43.4 Å². The second kappa shape index (κ2) is 3.19. The van der Waals surface area contributed by atoms with Crippen LogP contribution >= 0.6 is 0 Å². The summed E-state index contributed by atoms with van der Waals surface area (Å²) >= 11 is 0. The van der Waals surface area contributed by atoms with Crippen molar-refractivity contribution in [1.29, 1.82) is 0 Å². The maximum Gasteiger partial charge on any atom is 0.312 e. The van der Waals surface area contributed by atoms with Crippen LogP contribution in [0.2, 0.25) is 0 Å². The molecule has 3 heteroatoms. The highest BCUT2D eigenvalue weighted by molar-refractivity contribution is 5.94. The smallest absolute Gasteiger partial charge is 0.312 e. The van der Waals surface area contributed by atoms with Crippen LogP contribution in [0.5, 0.6) is 0 Å². The first-order valence-electron chi connectivity index (χ1n) is 5.31. The average Bonchev–Trinajstić information content (AvgIpc) is 2.23. The number of methoxy groups -OCH3 is 1. The standard InChI is InChI=1S/C12H16O3/c1-7-8-4-5-9(10(7)13)12(2,6-8)11(14)15-3/h4-5,7-9H,6H2,1-3H3/t7?,8?,9?,12-/m1/s1. The van der Waals surface area contributed by atoms with Gasteiger partial charge in [-0.3, -0.25) is 9.59 Å². The van der Waals surface area contributed by atoms with Gasteiger partial charge in [0.05, 0.1) is 18.4 Å². The molecule has 4 atom stereocenters. The van der Waals surface area contributed by atoms with Crippen LogP contribution in [-0.4, -0.2) is 18.9 Å². The molecular weight excluding hydrogens is 192 g/mol. The number of carbonyl (C=O) groups excluding carboxylic acids is 2. The second-order valence-corrected chi connectivity index (χ2v) is 4.83. The fourth-order valence-corrected chi connectivity index (χ4v) is 2.84. The number of rotatable bonds is 1. The fourth-order valence-electron chi connectivity index (χ4n) is 2.84. The van der Waals surface area contributed by atoms with E-state index in [1.165, 1.54) is 7.11 Å². The zero-order valence-electron chi connectivity index (χ0n) is 9.32. The van der Waals surface area contributed by atoms with Gasteiger partial charge in [0.25, 0.3) is 0 Å². The molecule has 0 aromatic rings. The molecule has 0 saturated heterocycles. The molecule has 3 nitrogen and oxygen atoms in total. The van der Waals surface area contributed by atoms with Crippen LogP contribution in [0.15, 0.2) is 12.2 Å². The SMILES string of the molecule is COC(=O)[C@]1(C)CC2C=CC1C(=O)C2C. The minimum atomic E-state index is -0.641. The van der Waals surface area contributed by atoms with Crippen molar-refractivity contribution in [3.05, 3.63) is 12.2 Å². The fraction of sp³-hybridized carbons (Fsp3) is 0.667. The summed E-state index contributed by atoms with van der Waals surface area (Å²) in [5.74, 6) is -0.113. The molecule has 15 heavy (non-hydrogen) atoms. The molecule has 1 saturated carbocycles. The molecule has 82 valence electrons. The van der Waals surface area contributed by atoms with E-state index in [1.807, 2.05) is 19.9 Å². The summed E-state index contributed by atoms with van der Waals surface area (Å²) in [4.78, 5) is 23.7. The quantitative estimate of drug-likeness (QED) is 0.485. The lowest BCUT2D eigenvalue weighted by molar-refractivity contribution is -0.163. The molecule has 3 aliphatic rings. The van der Waals surface area contributed by atoms with Gasteiger partial charge in [0.15, 0.2) is 0 Å². The van der Waals surface area contributed by atoms with Crippen molar-refractivity contribution in [2.45, 2.75) is 20.3 Å². The van der Waals surface area contributed by atoms with Crippen LogP contribution in [0.4, 0.5) is 0 Å². The normalized spacial score (nSPS) is 43.1. The van der Waals surface area contributed by atoms with Crippen molar-refractivity contribution in [3.8, 4) is 0 Å². The lowest BCUT2D eigenvalue weighted by Crippen LogP contribution is -2.51. The number of carbonyl (C=O) groups is 2. The third-order valence-corrected chi connectivity index (χ3v) is 3.95. The highest BCUT2D eigenvalue weighted by Crippen LogP contribution is 2.49. The Morgan fingerprint density at radius 3 is 2.73 bits per heavy atom. The van der Waals surface area contributed by atoms with Crippen molar-refractivity contribution in [2.75, 3.05) is 7.11 Å². The number of ether oxygens (including phenoxy) is 1. The molecule has 0 heterocycles. The second-order valence-electron chi connectivity index (χ2n) is 4.83. The van der Waals surface area contributed by atoms with E-state index < -0.39 is 5.41 Å². The molecule has 3 rings (SSSR count). The van der Waals surface area contributed by atoms with E-state index in [4.69, 9.17) is 4.74 Å². The predicted molar refractivity (Wildman–Crippen MR) is 55.0 cm³/mol. The Morgan fingerprint density at radius 2 is 2.20 bits per heavy atom. The van der Waals surface area contributed by atoms with Gasteiger partial charge in [0, 0.05) is 5.92 Å². The number of hydrogen-bond donors (Lipinski definition) is 0. The Kier molecular flexibility index (Phi) is 2.21. The van der Waals surface area contributed by atoms with Gasteiger partial charge in [-0.15, -0.1) is 0 Å². The van der Waals surface area contributed by atoms with Crippen molar-refractivity contribution in [2.24, 2.45) is 23.2 Å². The van der Waals surface area contributed by atoms with E-state index in [-0.39, 0.29) is 29.5 Å². The van der Waals surface area contributed by atoms with E-state index in [2.05, 4.69) is 6.08 Å². The van der Waals surface area contributed by atoms with E-state index in [9.17, 15) is 9.59 Å². The summed E-state index contributed by atoms with van der Waals surface area (Å²) < 4.78 is 4.80. The Morgan fingerprint density at radius 1 is 1.53 bits per heavy atom. The monoisotopic (exact) mass is 208 g/mol. The molecule has 3 unspecified atom stereocenters. The Bertz CT molecular complexity index is 345. The van der Waals surface area contributed by atoms with Gasteiger partial charge in [-0.05, 0) is 19.3 Å². The molecule has 2 bridgehead atoms. The first kappa shape index (κ1) is 10.4. The van der Waals surface area contributed by atoms with Crippen LogP contribution in [0.3, 0.4) is 0 Å². The number of esters is 1. The Hall–Kier alpha value is -1.12. The summed E-state index contributed by atoms with van der Waals surface area (Å²) in [6.07, 6.45) is 4.68. The number of fused-ring (bicyclic) bond motifs is 2. The largest absolute Gasteiger partial charge is 0.469 e. The number of hydrogen-bond acceptors (Lipinski definition) is 3. The van der Waals surface area contributed by atoms with Gasteiger partial charge in [-0.1, -0.05) is 19.1 Å². The molecule has 0 radical (unpaired) electrons. The van der Waals surface area contributed by atoms with E-state index in [1.54, 1.807) is 0 Å². The lowest BCUT2D eigenvalue weighted by Gasteiger charge is -2.46. The van der Waals surface area contributed by atoms with Gasteiger partial charge < -0.3 is 4.74 Å². The van der Waals surface area contributed by atoms with Gasteiger partial charge in [-0.25, -0.2) is 0 Å². The summed E-state index contributed by atoms with van der Waals surface area (Å²) in [6, 6.07) is 0. The molecule has 0 aromatic heterocycles. The number of Topliss-reactive ketones (excluding diaryl/α,β-unsaturated/α-hetero) is 1. The summed E-state index contributed by atoms with van der Waals surface area (Å²) in [6.45, 7) is 3.78. The maximum absolute atomic E-state index is 12.0. The number of ketones is 1. The zero-order valence-corrected chi connectivity index (χ0v) is 9.32. The molecule has 3 aliphatic carbocycles. The zero-order chi connectivity index (χ0) is 11.2. The molecule has 0 spiro atoms. The summed E-state index contributed by atoms with van der Waals surface area (Å²) in [5, 5.41) is 0. The van der Waals surface area contributed by atoms with Crippen molar-refractivity contribution < 1.29 is 14.3 Å². The van der Waals surface area contributed by atoms with Gasteiger partial charge in [-0.2, -0.15) is 0 Å². The van der Waals surface area contributed by atoms with Gasteiger partial charge >= 0.3 is 5.97 Å². The van der Waals surface area contributed by atoms with Crippen molar-refractivity contribution in [3.63, 3.8) is 0 Å². The average molecular weight is 208 g/mol. The van der Waals surface area contributed by atoms with Crippen LogP contribution in [0, 0.1) is 23.2 Å². The highest BCUT2D eigenvalue weighted by atomic mass is 16.5. The van der Waals surface area contributed by atoms with E-state index in [0.29, 0.717) is 0 Å². The maximum atomic E-state index is 12.0. The number of allylic oxidation sites excluding steroid dienone is 2. The molecule has 1 fully saturated rings. The predicted octanol–water partition coefficient (Wildman–Crippen LogP) is 1.58. The molecule has 0 aromatic carbocycles. The minimum absolute atomic E-state index is 0.0535. The summed E-state index contributed by atoms with van der Waals surface area (Å²) in [7, 11) is 1.38. The minimum Gasteiger partial charge on any atom is -0.469 e. The van der Waals surface area contributed by atoms with Gasteiger partial charge in [0.1, 0.15) is 5.78 Å². The Balaban J connectivity index is 2.38. The van der Waals surface area contributed by atoms with Crippen molar-refractivity contribution in [1.82, 2.24) is 0 Å². The highest BCUT2D eigenvalue weighted by Gasteiger charge is 2.54. The van der Waals surface area contributed by atoms with E-state index in [0.717, 1.165) is 6.42 Å². The molecule has 0 N–H and O–H groups in total. The van der Waals surface area contributed by atoms with Crippen LogP contribution in [0.1, 0.15) is 20.3 Å². The van der Waals surface area contributed by atoms with Crippen LogP contribution in [-0.2, 0) is 14.3 Å². The molecular formula is C12H16O3. The third-order valence-electron chi connectivity index (χ3n) is 3.95. The lowest BCUT2D eigenvalue weighted by atomic mass is 9.56. The molecule has 0 aliphatic heterocycles. The van der Waals surface area contributed by atoms with Gasteiger partial charge in [0.2, 0.25) is 0 Å². The first-order valence-corrected chi connectivity index (χ1v) is 5.31. The first-order chi connectivity index (χ1) is 7.00. The van der Waals surface area contributed by atoms with Crippen LogP contribution < -0.4 is 0 Å². The summed E-state index contributed by atoms with van der Waals surface area (Å²) in [5.41, 5.74) is -0.641.